The van der Waals surface area contributed by atoms with E-state index in [1.165, 1.54) is 18.5 Å². The minimum Gasteiger partial charge on any atom is -0.398 e. The molecule has 0 spiro atoms. The Hall–Kier alpha value is -1.22. The second kappa shape index (κ2) is 4.11. The van der Waals surface area contributed by atoms with Crippen LogP contribution in [-0.4, -0.2) is 12.6 Å². The summed E-state index contributed by atoms with van der Waals surface area (Å²) in [5.74, 6) is 0. The molecule has 1 aromatic rings. The molecule has 3 nitrogen and oxygen atoms in total. The van der Waals surface area contributed by atoms with Gasteiger partial charge < -0.3 is 16.4 Å². The van der Waals surface area contributed by atoms with E-state index in [0.29, 0.717) is 12.6 Å². The lowest BCUT2D eigenvalue weighted by Gasteiger charge is -2.24. The molecule has 0 aliphatic carbocycles. The summed E-state index contributed by atoms with van der Waals surface area (Å²) in [6.07, 6.45) is 2.56. The molecule has 1 unspecified atom stereocenters. The fourth-order valence-electron chi connectivity index (χ4n) is 2.26. The van der Waals surface area contributed by atoms with Gasteiger partial charge >= 0.3 is 0 Å². The number of nitrogens with zero attached hydrogens (tertiary/aromatic N) is 1. The van der Waals surface area contributed by atoms with E-state index in [4.69, 9.17) is 11.5 Å². The van der Waals surface area contributed by atoms with Crippen LogP contribution in [0.1, 0.15) is 25.3 Å². The molecule has 1 atom stereocenters. The van der Waals surface area contributed by atoms with E-state index >= 15 is 0 Å². The maximum absolute atomic E-state index is 5.83. The number of nitrogen functional groups attached to an aromatic ring is 1. The van der Waals surface area contributed by atoms with E-state index in [-0.39, 0.29) is 0 Å². The molecular weight excluding hydrogens is 186 g/mol. The zero-order chi connectivity index (χ0) is 10.8. The highest BCUT2D eigenvalue weighted by Gasteiger charge is 2.20. The highest BCUT2D eigenvalue weighted by atomic mass is 15.2. The second-order valence-electron chi connectivity index (χ2n) is 4.27. The van der Waals surface area contributed by atoms with Gasteiger partial charge in [0.1, 0.15) is 0 Å². The standard InChI is InChI=1S/C12H19N3/c1-9-3-2-6-15(9)11-4-5-12(14)10(7-11)8-13/h4-5,7,9H,2-3,6,8,13-14H2,1H3. The van der Waals surface area contributed by atoms with Crippen molar-refractivity contribution in [2.45, 2.75) is 32.4 Å². The molecule has 1 saturated heterocycles. The van der Waals surface area contributed by atoms with Gasteiger partial charge in [0.05, 0.1) is 0 Å². The van der Waals surface area contributed by atoms with Crippen molar-refractivity contribution in [1.82, 2.24) is 0 Å². The van der Waals surface area contributed by atoms with Crippen LogP contribution in [0.2, 0.25) is 0 Å². The topological polar surface area (TPSA) is 55.3 Å². The fraction of sp³-hybridized carbons (Fsp3) is 0.500. The molecule has 3 heteroatoms. The van der Waals surface area contributed by atoms with Crippen LogP contribution in [0.25, 0.3) is 0 Å². The molecule has 0 radical (unpaired) electrons. The molecule has 0 bridgehead atoms. The lowest BCUT2D eigenvalue weighted by atomic mass is 10.1. The molecule has 1 aromatic carbocycles. The van der Waals surface area contributed by atoms with E-state index in [0.717, 1.165) is 17.8 Å². The summed E-state index contributed by atoms with van der Waals surface area (Å²) in [6, 6.07) is 6.81. The molecule has 15 heavy (non-hydrogen) atoms. The van der Waals surface area contributed by atoms with E-state index in [1.807, 2.05) is 6.07 Å². The van der Waals surface area contributed by atoms with Gasteiger partial charge in [0.15, 0.2) is 0 Å². The van der Waals surface area contributed by atoms with E-state index in [9.17, 15) is 0 Å². The molecule has 4 N–H and O–H groups in total. The Bertz CT molecular complexity index is 349. The molecule has 1 aliphatic rings. The zero-order valence-corrected chi connectivity index (χ0v) is 9.24. The summed E-state index contributed by atoms with van der Waals surface area (Å²) in [5, 5.41) is 0. The first-order valence-corrected chi connectivity index (χ1v) is 5.57. The van der Waals surface area contributed by atoms with Crippen LogP contribution in [0, 0.1) is 0 Å². The monoisotopic (exact) mass is 205 g/mol. The van der Waals surface area contributed by atoms with Crippen LogP contribution < -0.4 is 16.4 Å². The third-order valence-corrected chi connectivity index (χ3v) is 3.23. The first kappa shape index (κ1) is 10.3. The Morgan fingerprint density at radius 2 is 2.27 bits per heavy atom. The normalized spacial score (nSPS) is 20.9. The van der Waals surface area contributed by atoms with Crippen LogP contribution in [0.4, 0.5) is 11.4 Å². The summed E-state index contributed by atoms with van der Waals surface area (Å²) in [5.41, 5.74) is 14.6. The number of hydrogen-bond acceptors (Lipinski definition) is 3. The van der Waals surface area contributed by atoms with Crippen LogP contribution in [-0.2, 0) is 6.54 Å². The summed E-state index contributed by atoms with van der Waals surface area (Å²) in [6.45, 7) is 3.93. The summed E-state index contributed by atoms with van der Waals surface area (Å²) in [7, 11) is 0. The van der Waals surface area contributed by atoms with Crippen molar-refractivity contribution in [3.05, 3.63) is 23.8 Å². The molecule has 1 aliphatic heterocycles. The first-order valence-electron chi connectivity index (χ1n) is 5.57. The molecule has 0 saturated carbocycles. The average Bonchev–Trinajstić information content (AvgIpc) is 2.65. The SMILES string of the molecule is CC1CCCN1c1ccc(N)c(CN)c1. The number of rotatable bonds is 2. The Morgan fingerprint density at radius 1 is 1.47 bits per heavy atom. The third-order valence-electron chi connectivity index (χ3n) is 3.23. The predicted octanol–water partition coefficient (Wildman–Crippen LogP) is 1.72. The van der Waals surface area contributed by atoms with Crippen LogP contribution in [0.5, 0.6) is 0 Å². The van der Waals surface area contributed by atoms with E-state index in [1.54, 1.807) is 0 Å². The van der Waals surface area contributed by atoms with Gasteiger partial charge in [-0.1, -0.05) is 0 Å². The smallest absolute Gasteiger partial charge is 0.0373 e. The highest BCUT2D eigenvalue weighted by Crippen LogP contribution is 2.27. The average molecular weight is 205 g/mol. The van der Waals surface area contributed by atoms with E-state index < -0.39 is 0 Å². The number of nitrogens with two attached hydrogens (primary N) is 2. The lowest BCUT2D eigenvalue weighted by Crippen LogP contribution is -2.26. The van der Waals surface area contributed by atoms with Gasteiger partial charge in [0, 0.05) is 30.5 Å². The molecular formula is C12H19N3. The molecule has 2 rings (SSSR count). The van der Waals surface area contributed by atoms with Gasteiger partial charge in [-0.3, -0.25) is 0 Å². The Kier molecular flexibility index (Phi) is 2.82. The molecule has 1 heterocycles. The van der Waals surface area contributed by atoms with E-state index in [2.05, 4.69) is 24.0 Å². The fourth-order valence-corrected chi connectivity index (χ4v) is 2.26. The van der Waals surface area contributed by atoms with Gasteiger partial charge in [-0.25, -0.2) is 0 Å². The highest BCUT2D eigenvalue weighted by molar-refractivity contribution is 5.59. The maximum atomic E-state index is 5.83. The maximum Gasteiger partial charge on any atom is 0.0373 e. The molecule has 0 amide bonds. The minimum absolute atomic E-state index is 0.516. The number of benzene rings is 1. The summed E-state index contributed by atoms with van der Waals surface area (Å²) >= 11 is 0. The first-order chi connectivity index (χ1) is 7.22. The van der Waals surface area contributed by atoms with Crippen molar-refractivity contribution in [3.63, 3.8) is 0 Å². The largest absolute Gasteiger partial charge is 0.398 e. The van der Waals surface area contributed by atoms with Crippen LogP contribution in [0.3, 0.4) is 0 Å². The van der Waals surface area contributed by atoms with Crippen molar-refractivity contribution in [3.8, 4) is 0 Å². The number of anilines is 2. The van der Waals surface area contributed by atoms with Crippen LogP contribution in [0.15, 0.2) is 18.2 Å². The predicted molar refractivity (Wildman–Crippen MR) is 64.8 cm³/mol. The number of hydrogen-bond donors (Lipinski definition) is 2. The quantitative estimate of drug-likeness (QED) is 0.723. The molecule has 0 aromatic heterocycles. The second-order valence-corrected chi connectivity index (χ2v) is 4.27. The van der Waals surface area contributed by atoms with Gasteiger partial charge in [-0.15, -0.1) is 0 Å². The van der Waals surface area contributed by atoms with Gasteiger partial charge in [-0.05, 0) is 43.5 Å². The van der Waals surface area contributed by atoms with Gasteiger partial charge in [0.2, 0.25) is 0 Å². The Morgan fingerprint density at radius 3 is 2.87 bits per heavy atom. The Labute approximate surface area is 91.1 Å². The third kappa shape index (κ3) is 1.92. The van der Waals surface area contributed by atoms with Crippen molar-refractivity contribution in [2.24, 2.45) is 5.73 Å². The van der Waals surface area contributed by atoms with Gasteiger partial charge in [0.25, 0.3) is 0 Å². The lowest BCUT2D eigenvalue weighted by molar-refractivity contribution is 0.734. The van der Waals surface area contributed by atoms with Crippen molar-refractivity contribution < 1.29 is 0 Å². The van der Waals surface area contributed by atoms with Crippen LogP contribution >= 0.6 is 0 Å². The summed E-state index contributed by atoms with van der Waals surface area (Å²) < 4.78 is 0. The van der Waals surface area contributed by atoms with Crippen molar-refractivity contribution in [1.29, 1.82) is 0 Å². The minimum atomic E-state index is 0.516. The molecule has 82 valence electrons. The summed E-state index contributed by atoms with van der Waals surface area (Å²) in [4.78, 5) is 2.43. The van der Waals surface area contributed by atoms with Crippen molar-refractivity contribution >= 4 is 11.4 Å². The Balaban J connectivity index is 2.28. The van der Waals surface area contributed by atoms with Crippen molar-refractivity contribution in [2.75, 3.05) is 17.2 Å². The van der Waals surface area contributed by atoms with Gasteiger partial charge in [-0.2, -0.15) is 0 Å². The molecule has 1 fully saturated rings. The zero-order valence-electron chi connectivity index (χ0n) is 9.24.